The van der Waals surface area contributed by atoms with Crippen LogP contribution in [0, 0.1) is 0 Å². The Labute approximate surface area is 235 Å². The quantitative estimate of drug-likeness (QED) is 0.191. The highest BCUT2D eigenvalue weighted by atomic mass is 16.5. The topological polar surface area (TPSA) is 82.0 Å². The number of hydrogen-bond donors (Lipinski definition) is 1. The number of aromatic nitrogens is 1. The fraction of sp³-hybridized carbons (Fsp3) is 0.303. The van der Waals surface area contributed by atoms with E-state index in [-0.39, 0.29) is 5.91 Å². The van der Waals surface area contributed by atoms with Gasteiger partial charge in [-0.2, -0.15) is 5.10 Å². The summed E-state index contributed by atoms with van der Waals surface area (Å²) in [7, 11) is 4.69. The van der Waals surface area contributed by atoms with E-state index in [1.807, 2.05) is 43.3 Å². The van der Waals surface area contributed by atoms with E-state index >= 15 is 0 Å². The molecule has 1 heterocycles. The van der Waals surface area contributed by atoms with Gasteiger partial charge in [0.25, 0.3) is 5.91 Å². The van der Waals surface area contributed by atoms with Gasteiger partial charge in [-0.15, -0.1) is 0 Å². The number of hydrazone groups is 1. The SMILES string of the molecule is COc1cc(-c2cc(C(=O)N/N=C(\C)c3ccc(C4CCCCC4)cc3)c3ccccc3n2)cc(OC)c1OC. The minimum absolute atomic E-state index is 0.314. The minimum atomic E-state index is -0.314. The molecule has 7 nitrogen and oxygen atoms in total. The largest absolute Gasteiger partial charge is 0.493 e. The summed E-state index contributed by atoms with van der Waals surface area (Å²) in [6.07, 6.45) is 6.49. The van der Waals surface area contributed by atoms with Crippen LogP contribution < -0.4 is 19.6 Å². The summed E-state index contributed by atoms with van der Waals surface area (Å²) in [4.78, 5) is 18.3. The lowest BCUT2D eigenvalue weighted by Gasteiger charge is -2.22. The number of methoxy groups -OCH3 is 3. The number of nitrogens with one attached hydrogen (secondary N) is 1. The number of carbonyl (C=O) groups excluding carboxylic acids is 1. The van der Waals surface area contributed by atoms with Crippen molar-refractivity contribution in [2.75, 3.05) is 21.3 Å². The van der Waals surface area contributed by atoms with Gasteiger partial charge in [0.2, 0.25) is 5.75 Å². The second kappa shape index (κ2) is 12.2. The summed E-state index contributed by atoms with van der Waals surface area (Å²) >= 11 is 0. The minimum Gasteiger partial charge on any atom is -0.493 e. The van der Waals surface area contributed by atoms with E-state index in [0.29, 0.717) is 39.9 Å². The molecule has 0 aliphatic heterocycles. The first-order chi connectivity index (χ1) is 19.5. The zero-order valence-electron chi connectivity index (χ0n) is 23.5. The molecule has 0 bridgehead atoms. The van der Waals surface area contributed by atoms with Gasteiger partial charge < -0.3 is 14.2 Å². The van der Waals surface area contributed by atoms with Crippen LogP contribution in [-0.4, -0.2) is 37.9 Å². The predicted octanol–water partition coefficient (Wildman–Crippen LogP) is 7.13. The molecule has 1 saturated carbocycles. The lowest BCUT2D eigenvalue weighted by atomic mass is 9.84. The number of nitrogens with zero attached hydrogens (tertiary/aromatic N) is 2. The molecule has 1 amide bonds. The molecule has 1 aliphatic rings. The van der Waals surface area contributed by atoms with Gasteiger partial charge in [0.15, 0.2) is 11.5 Å². The fourth-order valence-corrected chi connectivity index (χ4v) is 5.43. The summed E-state index contributed by atoms with van der Waals surface area (Å²) in [5.74, 6) is 1.84. The van der Waals surface area contributed by atoms with Gasteiger partial charge in [-0.1, -0.05) is 61.7 Å². The van der Waals surface area contributed by atoms with E-state index in [1.54, 1.807) is 27.4 Å². The zero-order chi connectivity index (χ0) is 28.1. The van der Waals surface area contributed by atoms with Crippen LogP contribution in [0.25, 0.3) is 22.2 Å². The predicted molar refractivity (Wildman–Crippen MR) is 159 cm³/mol. The number of para-hydroxylation sites is 1. The standard InChI is InChI=1S/C33H35N3O4/c1-21(22-14-16-24(17-15-22)23-10-6-5-7-11-23)35-36-33(37)27-20-29(34-28-13-9-8-12-26(27)28)25-18-30(38-2)32(40-4)31(19-25)39-3/h8-9,12-20,23H,5-7,10-11H2,1-4H3,(H,36,37)/b35-21+. The molecule has 0 atom stereocenters. The molecular weight excluding hydrogens is 502 g/mol. The Kier molecular flexibility index (Phi) is 8.29. The molecule has 206 valence electrons. The Morgan fingerprint density at radius 3 is 2.20 bits per heavy atom. The smallest absolute Gasteiger partial charge is 0.272 e. The molecule has 0 spiro atoms. The summed E-state index contributed by atoms with van der Waals surface area (Å²) in [5, 5.41) is 5.18. The fourth-order valence-electron chi connectivity index (χ4n) is 5.43. The number of benzene rings is 3. The van der Waals surface area contributed by atoms with Crippen molar-refractivity contribution in [1.29, 1.82) is 0 Å². The lowest BCUT2D eigenvalue weighted by Crippen LogP contribution is -2.20. The van der Waals surface area contributed by atoms with E-state index in [1.165, 1.54) is 37.7 Å². The molecule has 1 aromatic heterocycles. The molecule has 4 aromatic rings. The van der Waals surface area contributed by atoms with Crippen molar-refractivity contribution < 1.29 is 19.0 Å². The Hall–Kier alpha value is -4.39. The van der Waals surface area contributed by atoms with Crippen LogP contribution in [0.3, 0.4) is 0 Å². The van der Waals surface area contributed by atoms with Crippen LogP contribution in [0.4, 0.5) is 0 Å². The van der Waals surface area contributed by atoms with E-state index in [9.17, 15) is 4.79 Å². The number of amides is 1. The zero-order valence-corrected chi connectivity index (χ0v) is 23.5. The number of ether oxygens (including phenoxy) is 3. The van der Waals surface area contributed by atoms with Gasteiger partial charge in [-0.25, -0.2) is 10.4 Å². The number of fused-ring (bicyclic) bond motifs is 1. The van der Waals surface area contributed by atoms with Gasteiger partial charge in [-0.05, 0) is 61.1 Å². The molecule has 0 unspecified atom stereocenters. The molecule has 1 N–H and O–H groups in total. The third-order valence-corrected chi connectivity index (χ3v) is 7.65. The second-order valence-electron chi connectivity index (χ2n) is 10.1. The van der Waals surface area contributed by atoms with Crippen molar-refractivity contribution in [1.82, 2.24) is 10.4 Å². The van der Waals surface area contributed by atoms with E-state index in [4.69, 9.17) is 19.2 Å². The first kappa shape index (κ1) is 27.2. The maximum atomic E-state index is 13.5. The van der Waals surface area contributed by atoms with Crippen LogP contribution in [0.5, 0.6) is 17.2 Å². The molecular formula is C33H35N3O4. The van der Waals surface area contributed by atoms with Crippen molar-refractivity contribution >= 4 is 22.5 Å². The van der Waals surface area contributed by atoms with Gasteiger partial charge >= 0.3 is 0 Å². The number of carbonyl (C=O) groups is 1. The van der Waals surface area contributed by atoms with Crippen LogP contribution in [-0.2, 0) is 0 Å². The van der Waals surface area contributed by atoms with Crippen molar-refractivity contribution in [2.45, 2.75) is 44.9 Å². The third kappa shape index (κ3) is 5.64. The van der Waals surface area contributed by atoms with Crippen LogP contribution in [0.2, 0.25) is 0 Å². The Balaban J connectivity index is 1.44. The monoisotopic (exact) mass is 537 g/mol. The van der Waals surface area contributed by atoms with E-state index in [2.05, 4.69) is 34.8 Å². The molecule has 7 heteroatoms. The Morgan fingerprint density at radius 2 is 1.55 bits per heavy atom. The average molecular weight is 538 g/mol. The van der Waals surface area contributed by atoms with Crippen molar-refractivity contribution in [3.05, 3.63) is 83.4 Å². The van der Waals surface area contributed by atoms with Crippen LogP contribution in [0.1, 0.15) is 66.4 Å². The number of rotatable bonds is 8. The molecule has 5 rings (SSSR count). The summed E-state index contributed by atoms with van der Waals surface area (Å²) in [5.41, 5.74) is 8.37. The second-order valence-corrected chi connectivity index (χ2v) is 10.1. The summed E-state index contributed by atoms with van der Waals surface area (Å²) in [6, 6.07) is 21.6. The highest BCUT2D eigenvalue weighted by molar-refractivity contribution is 6.08. The van der Waals surface area contributed by atoms with Gasteiger partial charge in [-0.3, -0.25) is 4.79 Å². The maximum Gasteiger partial charge on any atom is 0.272 e. The van der Waals surface area contributed by atoms with Crippen LogP contribution >= 0.6 is 0 Å². The van der Waals surface area contributed by atoms with Gasteiger partial charge in [0, 0.05) is 10.9 Å². The molecule has 1 aliphatic carbocycles. The maximum absolute atomic E-state index is 13.5. The van der Waals surface area contributed by atoms with E-state index < -0.39 is 0 Å². The first-order valence-corrected chi connectivity index (χ1v) is 13.7. The average Bonchev–Trinajstić information content (AvgIpc) is 3.02. The van der Waals surface area contributed by atoms with Crippen molar-refractivity contribution in [3.8, 4) is 28.5 Å². The molecule has 1 fully saturated rings. The number of hydrogen-bond acceptors (Lipinski definition) is 6. The van der Waals surface area contributed by atoms with Crippen LogP contribution in [0.15, 0.2) is 71.8 Å². The lowest BCUT2D eigenvalue weighted by molar-refractivity contribution is 0.0956. The highest BCUT2D eigenvalue weighted by Gasteiger charge is 2.19. The molecule has 0 radical (unpaired) electrons. The van der Waals surface area contributed by atoms with E-state index in [0.717, 1.165) is 22.2 Å². The molecule has 40 heavy (non-hydrogen) atoms. The van der Waals surface area contributed by atoms with Gasteiger partial charge in [0.05, 0.1) is 43.8 Å². The normalized spacial score (nSPS) is 14.2. The Morgan fingerprint density at radius 1 is 0.875 bits per heavy atom. The first-order valence-electron chi connectivity index (χ1n) is 13.7. The Bertz CT molecular complexity index is 1510. The van der Waals surface area contributed by atoms with Crippen molar-refractivity contribution in [3.63, 3.8) is 0 Å². The van der Waals surface area contributed by atoms with Gasteiger partial charge in [0.1, 0.15) is 0 Å². The molecule has 0 saturated heterocycles. The molecule has 3 aromatic carbocycles. The summed E-state index contributed by atoms with van der Waals surface area (Å²) < 4.78 is 16.5. The number of pyridine rings is 1. The summed E-state index contributed by atoms with van der Waals surface area (Å²) in [6.45, 7) is 1.90. The highest BCUT2D eigenvalue weighted by Crippen LogP contribution is 2.41. The van der Waals surface area contributed by atoms with Crippen molar-refractivity contribution in [2.24, 2.45) is 5.10 Å². The third-order valence-electron chi connectivity index (χ3n) is 7.65.